The molecule has 2 heteroatoms. The van der Waals surface area contributed by atoms with Gasteiger partial charge in [0.15, 0.2) is 0 Å². The van der Waals surface area contributed by atoms with Gasteiger partial charge in [-0.15, -0.1) is 0 Å². The van der Waals surface area contributed by atoms with Crippen LogP contribution in [-0.2, 0) is 0 Å². The molecule has 0 amide bonds. The van der Waals surface area contributed by atoms with Gasteiger partial charge in [0, 0.05) is 17.3 Å². The number of pyridine rings is 1. The third kappa shape index (κ3) is 1.53. The fraction of sp³-hybridized carbons (Fsp3) is 0.133. The summed E-state index contributed by atoms with van der Waals surface area (Å²) in [5.74, 6) is 0.981. The first kappa shape index (κ1) is 10.1. The Labute approximate surface area is 101 Å². The van der Waals surface area contributed by atoms with Crippen LogP contribution in [0.15, 0.2) is 48.7 Å². The summed E-state index contributed by atoms with van der Waals surface area (Å²) in [7, 11) is 0. The van der Waals surface area contributed by atoms with E-state index in [2.05, 4.69) is 47.7 Å². The number of hydrogen-bond donors (Lipinski definition) is 0. The molecule has 2 aromatic heterocycles. The molecule has 0 bridgehead atoms. The number of hydrogen-bond acceptors (Lipinski definition) is 1. The van der Waals surface area contributed by atoms with Gasteiger partial charge in [0.05, 0.1) is 5.52 Å². The van der Waals surface area contributed by atoms with Crippen molar-refractivity contribution in [1.82, 2.24) is 9.55 Å². The van der Waals surface area contributed by atoms with Crippen molar-refractivity contribution >= 4 is 10.9 Å². The Morgan fingerprint density at radius 2 is 1.88 bits per heavy atom. The van der Waals surface area contributed by atoms with Gasteiger partial charge >= 0.3 is 0 Å². The highest BCUT2D eigenvalue weighted by molar-refractivity contribution is 5.85. The fourth-order valence-electron chi connectivity index (χ4n) is 2.35. The largest absolute Gasteiger partial charge is 0.298 e. The van der Waals surface area contributed by atoms with Crippen LogP contribution in [0.1, 0.15) is 11.3 Å². The van der Waals surface area contributed by atoms with E-state index in [1.165, 1.54) is 22.2 Å². The van der Waals surface area contributed by atoms with Crippen molar-refractivity contribution in [1.29, 1.82) is 0 Å². The van der Waals surface area contributed by atoms with Crippen LogP contribution in [-0.4, -0.2) is 9.55 Å². The van der Waals surface area contributed by atoms with Crippen molar-refractivity contribution < 1.29 is 0 Å². The van der Waals surface area contributed by atoms with Crippen LogP contribution in [0.2, 0.25) is 0 Å². The average molecular weight is 222 g/mol. The van der Waals surface area contributed by atoms with Crippen LogP contribution >= 0.6 is 0 Å². The molecule has 84 valence electrons. The molecular weight excluding hydrogens is 208 g/mol. The van der Waals surface area contributed by atoms with Crippen LogP contribution in [0.4, 0.5) is 0 Å². The number of nitrogens with zero attached hydrogens (tertiary/aromatic N) is 2. The first-order valence-corrected chi connectivity index (χ1v) is 5.76. The van der Waals surface area contributed by atoms with E-state index in [1.807, 2.05) is 24.4 Å². The summed E-state index contributed by atoms with van der Waals surface area (Å²) in [6.45, 7) is 4.26. The van der Waals surface area contributed by atoms with Crippen LogP contribution in [0.3, 0.4) is 0 Å². The molecule has 17 heavy (non-hydrogen) atoms. The predicted molar refractivity (Wildman–Crippen MR) is 70.5 cm³/mol. The van der Waals surface area contributed by atoms with E-state index < -0.39 is 0 Å². The molecular formula is C15H14N2. The zero-order chi connectivity index (χ0) is 11.8. The molecule has 0 atom stereocenters. The second-order valence-electron chi connectivity index (χ2n) is 4.32. The number of fused-ring (bicyclic) bond motifs is 1. The van der Waals surface area contributed by atoms with E-state index in [9.17, 15) is 0 Å². The minimum atomic E-state index is 0.981. The molecule has 0 saturated heterocycles. The maximum absolute atomic E-state index is 4.44. The minimum absolute atomic E-state index is 0.981. The molecule has 3 aromatic rings. The normalized spacial score (nSPS) is 10.9. The summed E-state index contributed by atoms with van der Waals surface area (Å²) in [4.78, 5) is 4.44. The van der Waals surface area contributed by atoms with Gasteiger partial charge in [0.1, 0.15) is 5.82 Å². The van der Waals surface area contributed by atoms with Crippen molar-refractivity contribution in [3.63, 3.8) is 0 Å². The highest BCUT2D eigenvalue weighted by Crippen LogP contribution is 2.25. The van der Waals surface area contributed by atoms with Gasteiger partial charge in [0.25, 0.3) is 0 Å². The highest BCUT2D eigenvalue weighted by atomic mass is 15.1. The Kier molecular flexibility index (Phi) is 2.22. The molecule has 1 aromatic carbocycles. The molecule has 0 aliphatic heterocycles. The lowest BCUT2D eigenvalue weighted by molar-refractivity contribution is 0.990. The number of para-hydroxylation sites is 1. The van der Waals surface area contributed by atoms with Gasteiger partial charge in [-0.25, -0.2) is 4.98 Å². The molecule has 2 heterocycles. The molecule has 0 fully saturated rings. The first-order valence-electron chi connectivity index (χ1n) is 5.76. The third-order valence-electron chi connectivity index (χ3n) is 3.09. The Balaban J connectivity index is 2.40. The molecule has 2 nitrogen and oxygen atoms in total. The second-order valence-corrected chi connectivity index (χ2v) is 4.32. The molecule has 0 N–H and O–H groups in total. The Bertz CT molecular complexity index is 666. The van der Waals surface area contributed by atoms with Gasteiger partial charge in [0.2, 0.25) is 0 Å². The quantitative estimate of drug-likeness (QED) is 0.614. The van der Waals surface area contributed by atoms with E-state index in [1.54, 1.807) is 0 Å². The second kappa shape index (κ2) is 3.74. The number of rotatable bonds is 1. The van der Waals surface area contributed by atoms with Crippen LogP contribution in [0.5, 0.6) is 0 Å². The monoisotopic (exact) mass is 222 g/mol. The lowest BCUT2D eigenvalue weighted by Gasteiger charge is -2.08. The first-order chi connectivity index (χ1) is 8.27. The zero-order valence-electron chi connectivity index (χ0n) is 10.0. The van der Waals surface area contributed by atoms with Gasteiger partial charge in [-0.2, -0.15) is 0 Å². The standard InChI is InChI=1S/C15H14N2/c1-11-6-5-7-13-10-12(2)17(15(11)13)14-8-3-4-9-16-14/h3-10H,1-2H3. The molecule has 0 spiro atoms. The maximum atomic E-state index is 4.44. The lowest BCUT2D eigenvalue weighted by atomic mass is 10.2. The molecule has 3 rings (SSSR count). The van der Waals surface area contributed by atoms with E-state index >= 15 is 0 Å². The number of benzene rings is 1. The molecule has 0 radical (unpaired) electrons. The van der Waals surface area contributed by atoms with Gasteiger partial charge in [-0.1, -0.05) is 24.3 Å². The molecule has 0 unspecified atom stereocenters. The average Bonchev–Trinajstić information content (AvgIpc) is 2.68. The topological polar surface area (TPSA) is 17.8 Å². The minimum Gasteiger partial charge on any atom is -0.298 e. The predicted octanol–water partition coefficient (Wildman–Crippen LogP) is 3.64. The Morgan fingerprint density at radius 3 is 2.65 bits per heavy atom. The van der Waals surface area contributed by atoms with Crippen molar-refractivity contribution in [3.05, 3.63) is 59.9 Å². The molecule has 0 saturated carbocycles. The van der Waals surface area contributed by atoms with E-state index in [4.69, 9.17) is 0 Å². The summed E-state index contributed by atoms with van der Waals surface area (Å²) in [6, 6.07) is 14.6. The lowest BCUT2D eigenvalue weighted by Crippen LogP contribution is -1.99. The number of aryl methyl sites for hydroxylation is 2. The summed E-state index contributed by atoms with van der Waals surface area (Å²) in [5.41, 5.74) is 3.75. The fourth-order valence-corrected chi connectivity index (χ4v) is 2.35. The Morgan fingerprint density at radius 1 is 1.00 bits per heavy atom. The zero-order valence-corrected chi connectivity index (χ0v) is 10.0. The molecule has 0 aliphatic rings. The van der Waals surface area contributed by atoms with Crippen LogP contribution < -0.4 is 0 Å². The van der Waals surface area contributed by atoms with E-state index in [-0.39, 0.29) is 0 Å². The molecule has 0 aliphatic carbocycles. The van der Waals surface area contributed by atoms with Crippen molar-refractivity contribution in [2.24, 2.45) is 0 Å². The summed E-state index contributed by atoms with van der Waals surface area (Å²) < 4.78 is 2.21. The van der Waals surface area contributed by atoms with Crippen LogP contribution in [0, 0.1) is 13.8 Å². The highest BCUT2D eigenvalue weighted by Gasteiger charge is 2.09. The Hall–Kier alpha value is -2.09. The summed E-state index contributed by atoms with van der Waals surface area (Å²) in [5, 5.41) is 1.27. The maximum Gasteiger partial charge on any atom is 0.137 e. The summed E-state index contributed by atoms with van der Waals surface area (Å²) >= 11 is 0. The smallest absolute Gasteiger partial charge is 0.137 e. The van der Waals surface area contributed by atoms with E-state index in [0.717, 1.165) is 5.82 Å². The van der Waals surface area contributed by atoms with Crippen molar-refractivity contribution in [2.75, 3.05) is 0 Å². The van der Waals surface area contributed by atoms with Gasteiger partial charge in [-0.05, 0) is 37.6 Å². The van der Waals surface area contributed by atoms with Gasteiger partial charge in [-0.3, -0.25) is 4.57 Å². The summed E-state index contributed by atoms with van der Waals surface area (Å²) in [6.07, 6.45) is 1.83. The van der Waals surface area contributed by atoms with Gasteiger partial charge < -0.3 is 0 Å². The third-order valence-corrected chi connectivity index (χ3v) is 3.09. The van der Waals surface area contributed by atoms with Crippen molar-refractivity contribution in [3.8, 4) is 5.82 Å². The van der Waals surface area contributed by atoms with Crippen molar-refractivity contribution in [2.45, 2.75) is 13.8 Å². The van der Waals surface area contributed by atoms with E-state index in [0.29, 0.717) is 0 Å². The number of aromatic nitrogens is 2. The van der Waals surface area contributed by atoms with Crippen LogP contribution in [0.25, 0.3) is 16.7 Å². The SMILES string of the molecule is Cc1cccc2cc(C)n(-c3ccccn3)c12.